The fraction of sp³-hybridized carbons (Fsp3) is 0.333. The molecule has 1 atom stereocenters. The molecule has 1 aromatic heterocycles. The number of thioether (sulfide) groups is 1. The summed E-state index contributed by atoms with van der Waals surface area (Å²) in [5, 5.41) is 13.2. The molecule has 0 radical (unpaired) electrons. The molecule has 0 spiro atoms. The third kappa shape index (κ3) is 3.86. The van der Waals surface area contributed by atoms with Gasteiger partial charge in [-0.1, -0.05) is 12.1 Å². The Morgan fingerprint density at radius 2 is 2.19 bits per heavy atom. The van der Waals surface area contributed by atoms with E-state index in [1.165, 1.54) is 0 Å². The minimum atomic E-state index is 0.0595. The Morgan fingerprint density at radius 3 is 2.86 bits per heavy atom. The highest BCUT2D eigenvalue weighted by Crippen LogP contribution is 2.19. The minimum absolute atomic E-state index is 0.0595. The van der Waals surface area contributed by atoms with Gasteiger partial charge in [0, 0.05) is 42.4 Å². The molecule has 2 heterocycles. The molecule has 3 N–H and O–H groups in total. The van der Waals surface area contributed by atoms with Crippen molar-refractivity contribution in [3.8, 4) is 11.3 Å². The van der Waals surface area contributed by atoms with Crippen LogP contribution >= 0.6 is 11.8 Å². The molecule has 6 heteroatoms. The lowest BCUT2D eigenvalue weighted by molar-refractivity contribution is -0.116. The molecule has 1 amide bonds. The molecule has 1 unspecified atom stereocenters. The topological polar surface area (TPSA) is 69.8 Å². The first-order valence-electron chi connectivity index (χ1n) is 7.02. The number of carbonyl (C=O) groups is 1. The van der Waals surface area contributed by atoms with Crippen LogP contribution in [0.15, 0.2) is 36.5 Å². The van der Waals surface area contributed by atoms with Gasteiger partial charge in [0.25, 0.3) is 0 Å². The fourth-order valence-corrected chi connectivity index (χ4v) is 3.29. The number of nitrogens with zero attached hydrogens (tertiary/aromatic N) is 1. The summed E-state index contributed by atoms with van der Waals surface area (Å²) in [6.07, 6.45) is 2.25. The van der Waals surface area contributed by atoms with Crippen LogP contribution in [0.1, 0.15) is 6.42 Å². The summed E-state index contributed by atoms with van der Waals surface area (Å²) in [6, 6.07) is 9.97. The third-order valence-corrected chi connectivity index (χ3v) is 4.54. The summed E-state index contributed by atoms with van der Waals surface area (Å²) in [5.41, 5.74) is 2.85. The number of carbonyl (C=O) groups excluding carboxylic acids is 1. The van der Waals surface area contributed by atoms with E-state index < -0.39 is 0 Å². The third-order valence-electron chi connectivity index (χ3n) is 3.41. The Bertz CT molecular complexity index is 576. The van der Waals surface area contributed by atoms with Gasteiger partial charge in [-0.2, -0.15) is 16.9 Å². The summed E-state index contributed by atoms with van der Waals surface area (Å²) in [6.45, 7) is 0.988. The molecule has 0 saturated carbocycles. The van der Waals surface area contributed by atoms with Crippen LogP contribution in [0.3, 0.4) is 0 Å². The van der Waals surface area contributed by atoms with Crippen LogP contribution in [-0.4, -0.2) is 40.2 Å². The van der Waals surface area contributed by atoms with Crippen LogP contribution in [-0.2, 0) is 4.79 Å². The number of hydrogen-bond acceptors (Lipinski definition) is 4. The lowest BCUT2D eigenvalue weighted by Crippen LogP contribution is -2.39. The van der Waals surface area contributed by atoms with Gasteiger partial charge in [0.1, 0.15) is 0 Å². The maximum atomic E-state index is 12.0. The SMILES string of the molecule is O=C(CC1CSCCN1)Nc1ccc(-c2ccn[nH]2)cc1. The van der Waals surface area contributed by atoms with E-state index in [-0.39, 0.29) is 11.9 Å². The van der Waals surface area contributed by atoms with E-state index >= 15 is 0 Å². The van der Waals surface area contributed by atoms with Gasteiger partial charge >= 0.3 is 0 Å². The zero-order valence-electron chi connectivity index (χ0n) is 11.6. The summed E-state index contributed by atoms with van der Waals surface area (Å²) < 4.78 is 0. The highest BCUT2D eigenvalue weighted by Gasteiger charge is 2.16. The Hall–Kier alpha value is -1.79. The van der Waals surface area contributed by atoms with Crippen molar-refractivity contribution in [1.29, 1.82) is 0 Å². The van der Waals surface area contributed by atoms with Crippen molar-refractivity contribution in [3.05, 3.63) is 36.5 Å². The molecule has 1 fully saturated rings. The molecule has 2 aromatic rings. The summed E-state index contributed by atoms with van der Waals surface area (Å²) in [4.78, 5) is 12.0. The number of aromatic amines is 1. The van der Waals surface area contributed by atoms with Gasteiger partial charge in [-0.25, -0.2) is 0 Å². The Labute approximate surface area is 127 Å². The van der Waals surface area contributed by atoms with Crippen molar-refractivity contribution in [1.82, 2.24) is 15.5 Å². The summed E-state index contributed by atoms with van der Waals surface area (Å²) in [7, 11) is 0. The standard InChI is InChI=1S/C15H18N4OS/c20-15(9-13-10-21-8-7-16-13)18-12-3-1-11(2-4-12)14-5-6-17-19-14/h1-6,13,16H,7-10H2,(H,17,19)(H,18,20). The molecular weight excluding hydrogens is 284 g/mol. The molecule has 1 saturated heterocycles. The van der Waals surface area contributed by atoms with E-state index in [1.807, 2.05) is 42.1 Å². The first-order valence-corrected chi connectivity index (χ1v) is 8.17. The van der Waals surface area contributed by atoms with Crippen molar-refractivity contribution in [2.75, 3.05) is 23.4 Å². The average Bonchev–Trinajstić information content (AvgIpc) is 3.03. The van der Waals surface area contributed by atoms with Crippen LogP contribution < -0.4 is 10.6 Å². The van der Waals surface area contributed by atoms with Crippen molar-refractivity contribution in [2.24, 2.45) is 0 Å². The summed E-state index contributed by atoms with van der Waals surface area (Å²) >= 11 is 1.90. The average molecular weight is 302 g/mol. The molecule has 21 heavy (non-hydrogen) atoms. The van der Waals surface area contributed by atoms with Crippen LogP contribution in [0, 0.1) is 0 Å². The van der Waals surface area contributed by atoms with Gasteiger partial charge in [-0.15, -0.1) is 0 Å². The second kappa shape index (κ2) is 6.78. The number of aromatic nitrogens is 2. The number of rotatable bonds is 4. The maximum Gasteiger partial charge on any atom is 0.225 e. The van der Waals surface area contributed by atoms with Gasteiger partial charge in [0.15, 0.2) is 0 Å². The van der Waals surface area contributed by atoms with Crippen LogP contribution in [0.2, 0.25) is 0 Å². The number of hydrogen-bond donors (Lipinski definition) is 3. The lowest BCUT2D eigenvalue weighted by atomic mass is 10.1. The van der Waals surface area contributed by atoms with E-state index in [4.69, 9.17) is 0 Å². The summed E-state index contributed by atoms with van der Waals surface area (Å²) in [5.74, 6) is 2.20. The van der Waals surface area contributed by atoms with Gasteiger partial charge < -0.3 is 10.6 Å². The molecule has 0 bridgehead atoms. The zero-order chi connectivity index (χ0) is 14.5. The highest BCUT2D eigenvalue weighted by molar-refractivity contribution is 7.99. The minimum Gasteiger partial charge on any atom is -0.326 e. The van der Waals surface area contributed by atoms with Crippen molar-refractivity contribution in [2.45, 2.75) is 12.5 Å². The number of amides is 1. The van der Waals surface area contributed by atoms with Gasteiger partial charge in [-0.05, 0) is 23.8 Å². The Morgan fingerprint density at radius 1 is 1.33 bits per heavy atom. The maximum absolute atomic E-state index is 12.0. The molecular formula is C15H18N4OS. The number of nitrogens with one attached hydrogen (secondary N) is 3. The van der Waals surface area contributed by atoms with Gasteiger partial charge in [0.2, 0.25) is 5.91 Å². The highest BCUT2D eigenvalue weighted by atomic mass is 32.2. The molecule has 0 aliphatic carbocycles. The Balaban J connectivity index is 1.56. The van der Waals surface area contributed by atoms with E-state index in [2.05, 4.69) is 20.8 Å². The molecule has 3 rings (SSSR count). The van der Waals surface area contributed by atoms with Crippen LogP contribution in [0.4, 0.5) is 5.69 Å². The lowest BCUT2D eigenvalue weighted by Gasteiger charge is -2.22. The predicted octanol–water partition coefficient (Wildman–Crippen LogP) is 2.11. The first kappa shape index (κ1) is 14.2. The number of H-pyrrole nitrogens is 1. The van der Waals surface area contributed by atoms with Gasteiger partial charge in [0.05, 0.1) is 5.69 Å². The quantitative estimate of drug-likeness (QED) is 0.809. The smallest absolute Gasteiger partial charge is 0.225 e. The van der Waals surface area contributed by atoms with E-state index in [1.54, 1.807) is 6.20 Å². The molecule has 1 aliphatic heterocycles. The van der Waals surface area contributed by atoms with E-state index in [0.29, 0.717) is 6.42 Å². The van der Waals surface area contributed by atoms with Crippen molar-refractivity contribution in [3.63, 3.8) is 0 Å². The monoisotopic (exact) mass is 302 g/mol. The van der Waals surface area contributed by atoms with Crippen LogP contribution in [0.25, 0.3) is 11.3 Å². The van der Waals surface area contributed by atoms with E-state index in [9.17, 15) is 4.79 Å². The van der Waals surface area contributed by atoms with Gasteiger partial charge in [-0.3, -0.25) is 9.89 Å². The second-order valence-electron chi connectivity index (χ2n) is 5.03. The molecule has 1 aromatic carbocycles. The molecule has 110 valence electrons. The Kier molecular flexibility index (Phi) is 4.57. The first-order chi connectivity index (χ1) is 10.3. The molecule has 5 nitrogen and oxygen atoms in total. The number of anilines is 1. The number of benzene rings is 1. The normalized spacial score (nSPS) is 18.4. The fourth-order valence-electron chi connectivity index (χ4n) is 2.34. The van der Waals surface area contributed by atoms with Crippen molar-refractivity contribution >= 4 is 23.4 Å². The largest absolute Gasteiger partial charge is 0.326 e. The van der Waals surface area contributed by atoms with E-state index in [0.717, 1.165) is 35.0 Å². The van der Waals surface area contributed by atoms with Crippen LogP contribution in [0.5, 0.6) is 0 Å². The second-order valence-corrected chi connectivity index (χ2v) is 6.18. The van der Waals surface area contributed by atoms with Crippen molar-refractivity contribution < 1.29 is 4.79 Å². The predicted molar refractivity (Wildman–Crippen MR) is 86.4 cm³/mol. The molecule has 1 aliphatic rings. The zero-order valence-corrected chi connectivity index (χ0v) is 12.5.